The van der Waals surface area contributed by atoms with Crippen molar-refractivity contribution in [3.63, 3.8) is 0 Å². The van der Waals surface area contributed by atoms with Crippen LogP contribution in [0.3, 0.4) is 0 Å². The number of carbonyl (C=O) groups is 1. The van der Waals surface area contributed by atoms with E-state index >= 15 is 0 Å². The van der Waals surface area contributed by atoms with Crippen molar-refractivity contribution in [2.24, 2.45) is 5.10 Å². The monoisotopic (exact) mass is 338 g/mol. The Labute approximate surface area is 148 Å². The molecule has 5 nitrogen and oxygen atoms in total. The molecule has 0 aliphatic carbocycles. The summed E-state index contributed by atoms with van der Waals surface area (Å²) in [7, 11) is 0. The van der Waals surface area contributed by atoms with Crippen LogP contribution in [-0.4, -0.2) is 25.3 Å². The van der Waals surface area contributed by atoms with Gasteiger partial charge < -0.3 is 9.47 Å². The van der Waals surface area contributed by atoms with Crippen molar-refractivity contribution in [1.29, 1.82) is 0 Å². The SMILES string of the molecule is C=CCOc1ccccc1/C=N/NC(=O)COc1cc(C)ccc1C. The quantitative estimate of drug-likeness (QED) is 0.456. The molecule has 130 valence electrons. The average molecular weight is 338 g/mol. The van der Waals surface area contributed by atoms with Crippen LogP contribution in [0.2, 0.25) is 0 Å². The molecule has 1 amide bonds. The molecule has 0 aromatic heterocycles. The molecule has 0 aliphatic rings. The molecule has 1 N–H and O–H groups in total. The third-order valence-corrected chi connectivity index (χ3v) is 3.37. The van der Waals surface area contributed by atoms with E-state index < -0.39 is 0 Å². The number of carbonyl (C=O) groups excluding carboxylic acids is 1. The molecule has 0 saturated heterocycles. The largest absolute Gasteiger partial charge is 0.489 e. The van der Waals surface area contributed by atoms with Crippen LogP contribution in [0.5, 0.6) is 11.5 Å². The van der Waals surface area contributed by atoms with Crippen molar-refractivity contribution in [2.45, 2.75) is 13.8 Å². The minimum absolute atomic E-state index is 0.101. The highest BCUT2D eigenvalue weighted by atomic mass is 16.5. The molecule has 2 aromatic rings. The number of hydrogen-bond acceptors (Lipinski definition) is 4. The Morgan fingerprint density at radius 2 is 1.96 bits per heavy atom. The van der Waals surface area contributed by atoms with E-state index in [1.807, 2.05) is 56.3 Å². The minimum Gasteiger partial charge on any atom is -0.489 e. The van der Waals surface area contributed by atoms with Crippen molar-refractivity contribution >= 4 is 12.1 Å². The fourth-order valence-electron chi connectivity index (χ4n) is 2.08. The van der Waals surface area contributed by atoms with E-state index in [1.165, 1.54) is 6.21 Å². The number of ether oxygens (including phenoxy) is 2. The van der Waals surface area contributed by atoms with E-state index in [9.17, 15) is 4.79 Å². The van der Waals surface area contributed by atoms with Gasteiger partial charge in [-0.1, -0.05) is 36.9 Å². The van der Waals surface area contributed by atoms with Crippen molar-refractivity contribution in [3.8, 4) is 11.5 Å². The second-order valence-electron chi connectivity index (χ2n) is 5.49. The molecule has 0 spiro atoms. The number of para-hydroxylation sites is 1. The molecule has 2 rings (SSSR count). The zero-order valence-corrected chi connectivity index (χ0v) is 14.5. The lowest BCUT2D eigenvalue weighted by molar-refractivity contribution is -0.123. The summed E-state index contributed by atoms with van der Waals surface area (Å²) in [4.78, 5) is 11.9. The number of amides is 1. The molecular formula is C20H22N2O3. The summed E-state index contributed by atoms with van der Waals surface area (Å²) >= 11 is 0. The molecular weight excluding hydrogens is 316 g/mol. The third kappa shape index (κ3) is 5.80. The zero-order chi connectivity index (χ0) is 18.1. The van der Waals surface area contributed by atoms with Gasteiger partial charge in [0.2, 0.25) is 0 Å². The lowest BCUT2D eigenvalue weighted by atomic mass is 10.1. The van der Waals surface area contributed by atoms with E-state index in [1.54, 1.807) is 6.08 Å². The zero-order valence-electron chi connectivity index (χ0n) is 14.5. The van der Waals surface area contributed by atoms with Gasteiger partial charge in [-0.15, -0.1) is 0 Å². The van der Waals surface area contributed by atoms with Crippen LogP contribution in [0.15, 0.2) is 60.2 Å². The molecule has 0 bridgehead atoms. The summed E-state index contributed by atoms with van der Waals surface area (Å²) in [6, 6.07) is 13.3. The van der Waals surface area contributed by atoms with Gasteiger partial charge in [0.15, 0.2) is 6.61 Å². The van der Waals surface area contributed by atoms with Gasteiger partial charge in [0.1, 0.15) is 18.1 Å². The minimum atomic E-state index is -0.332. The first kappa shape index (κ1) is 18.3. The normalized spacial score (nSPS) is 10.5. The average Bonchev–Trinajstić information content (AvgIpc) is 2.61. The first-order chi connectivity index (χ1) is 12.1. The molecule has 0 heterocycles. The van der Waals surface area contributed by atoms with E-state index in [4.69, 9.17) is 9.47 Å². The van der Waals surface area contributed by atoms with Crippen molar-refractivity contribution in [2.75, 3.05) is 13.2 Å². The maximum atomic E-state index is 11.9. The fourth-order valence-corrected chi connectivity index (χ4v) is 2.08. The summed E-state index contributed by atoms with van der Waals surface area (Å²) in [5.74, 6) is 1.04. The number of nitrogens with zero attached hydrogens (tertiary/aromatic N) is 1. The molecule has 5 heteroatoms. The van der Waals surface area contributed by atoms with E-state index in [2.05, 4.69) is 17.1 Å². The van der Waals surface area contributed by atoms with E-state index in [-0.39, 0.29) is 12.5 Å². The van der Waals surface area contributed by atoms with E-state index in [0.29, 0.717) is 18.1 Å². The number of rotatable bonds is 8. The molecule has 0 unspecified atom stereocenters. The maximum absolute atomic E-state index is 11.9. The first-order valence-corrected chi connectivity index (χ1v) is 7.95. The van der Waals surface area contributed by atoms with Gasteiger partial charge >= 0.3 is 0 Å². The van der Waals surface area contributed by atoms with Gasteiger partial charge in [0.05, 0.1) is 6.21 Å². The van der Waals surface area contributed by atoms with Gasteiger partial charge in [-0.05, 0) is 43.2 Å². The van der Waals surface area contributed by atoms with Gasteiger partial charge in [0, 0.05) is 5.56 Å². The van der Waals surface area contributed by atoms with E-state index in [0.717, 1.165) is 16.7 Å². The summed E-state index contributed by atoms with van der Waals surface area (Å²) in [5.41, 5.74) is 5.27. The number of nitrogens with one attached hydrogen (secondary N) is 1. The number of benzene rings is 2. The smallest absolute Gasteiger partial charge is 0.277 e. The highest BCUT2D eigenvalue weighted by Crippen LogP contribution is 2.19. The predicted molar refractivity (Wildman–Crippen MR) is 99.3 cm³/mol. The lowest BCUT2D eigenvalue weighted by Gasteiger charge is -2.09. The Bertz CT molecular complexity index is 769. The van der Waals surface area contributed by atoms with Crippen LogP contribution in [0.25, 0.3) is 0 Å². The first-order valence-electron chi connectivity index (χ1n) is 7.95. The summed E-state index contributed by atoms with van der Waals surface area (Å²) in [6.45, 7) is 7.83. The third-order valence-electron chi connectivity index (χ3n) is 3.37. The molecule has 0 atom stereocenters. The van der Waals surface area contributed by atoms with Crippen molar-refractivity contribution in [1.82, 2.24) is 5.43 Å². The van der Waals surface area contributed by atoms with Gasteiger partial charge in [-0.2, -0.15) is 5.10 Å². The Balaban J connectivity index is 1.88. The fraction of sp³-hybridized carbons (Fsp3) is 0.200. The van der Waals surface area contributed by atoms with Gasteiger partial charge in [0.25, 0.3) is 5.91 Å². The van der Waals surface area contributed by atoms with Crippen molar-refractivity contribution in [3.05, 3.63) is 71.8 Å². The molecule has 25 heavy (non-hydrogen) atoms. The molecule has 0 radical (unpaired) electrons. The molecule has 2 aromatic carbocycles. The van der Waals surface area contributed by atoms with Crippen LogP contribution < -0.4 is 14.9 Å². The standard InChI is InChI=1S/C20H22N2O3/c1-4-11-24-18-8-6-5-7-17(18)13-21-22-20(23)14-25-19-12-15(2)9-10-16(19)3/h4-10,12-13H,1,11,14H2,2-3H3,(H,22,23)/b21-13+. The molecule has 0 fully saturated rings. The number of hydrogen-bond donors (Lipinski definition) is 1. The maximum Gasteiger partial charge on any atom is 0.277 e. The predicted octanol–water partition coefficient (Wildman–Crippen LogP) is 3.40. The highest BCUT2D eigenvalue weighted by Gasteiger charge is 2.05. The van der Waals surface area contributed by atoms with Crippen LogP contribution in [0.1, 0.15) is 16.7 Å². The van der Waals surface area contributed by atoms with Gasteiger partial charge in [-0.25, -0.2) is 5.43 Å². The summed E-state index contributed by atoms with van der Waals surface area (Å²) < 4.78 is 11.1. The Morgan fingerprint density at radius 1 is 1.16 bits per heavy atom. The van der Waals surface area contributed by atoms with Gasteiger partial charge in [-0.3, -0.25) is 4.79 Å². The Kier molecular flexibility index (Phi) is 6.77. The van der Waals surface area contributed by atoms with Crippen LogP contribution >= 0.6 is 0 Å². The Morgan fingerprint density at radius 3 is 2.76 bits per heavy atom. The second kappa shape index (κ2) is 9.27. The summed E-state index contributed by atoms with van der Waals surface area (Å²) in [5, 5.41) is 3.95. The highest BCUT2D eigenvalue weighted by molar-refractivity contribution is 5.85. The Hall–Kier alpha value is -3.08. The lowest BCUT2D eigenvalue weighted by Crippen LogP contribution is -2.24. The second-order valence-corrected chi connectivity index (χ2v) is 5.49. The molecule has 0 saturated carbocycles. The molecule has 0 aliphatic heterocycles. The van der Waals surface area contributed by atoms with Crippen LogP contribution in [0.4, 0.5) is 0 Å². The van der Waals surface area contributed by atoms with Crippen LogP contribution in [-0.2, 0) is 4.79 Å². The number of hydrazone groups is 1. The van der Waals surface area contributed by atoms with Crippen LogP contribution in [0, 0.1) is 13.8 Å². The topological polar surface area (TPSA) is 59.9 Å². The number of aryl methyl sites for hydroxylation is 2. The summed E-state index contributed by atoms with van der Waals surface area (Å²) in [6.07, 6.45) is 3.20. The van der Waals surface area contributed by atoms with Crippen molar-refractivity contribution < 1.29 is 14.3 Å².